The lowest BCUT2D eigenvalue weighted by atomic mass is 10.1. The molecule has 0 saturated heterocycles. The molecule has 0 bridgehead atoms. The first kappa shape index (κ1) is 18.3. The summed E-state index contributed by atoms with van der Waals surface area (Å²) in [5.74, 6) is -1.09. The summed E-state index contributed by atoms with van der Waals surface area (Å²) >= 11 is 0. The van der Waals surface area contributed by atoms with Crippen molar-refractivity contribution < 1.29 is 14.4 Å². The maximum Gasteiger partial charge on any atom is 0.284 e. The zero-order valence-corrected chi connectivity index (χ0v) is 15.5. The van der Waals surface area contributed by atoms with Crippen molar-refractivity contribution in [1.82, 2.24) is 4.98 Å². The molecule has 29 heavy (non-hydrogen) atoms. The molecule has 1 aromatic heterocycles. The van der Waals surface area contributed by atoms with Crippen LogP contribution in [-0.4, -0.2) is 29.3 Å². The number of benzene rings is 2. The van der Waals surface area contributed by atoms with Crippen LogP contribution in [0.25, 0.3) is 0 Å². The molecule has 0 atom stereocenters. The summed E-state index contributed by atoms with van der Waals surface area (Å²) in [5.41, 5.74) is 2.00. The van der Waals surface area contributed by atoms with E-state index in [1.54, 1.807) is 47.4 Å². The van der Waals surface area contributed by atoms with E-state index in [4.69, 9.17) is 0 Å². The first-order valence-corrected chi connectivity index (χ1v) is 9.03. The lowest BCUT2D eigenvalue weighted by Gasteiger charge is -2.22. The number of amides is 3. The molecule has 6 heteroatoms. The van der Waals surface area contributed by atoms with Crippen LogP contribution in [0.4, 0.5) is 11.4 Å². The molecule has 0 saturated carbocycles. The molecule has 0 fully saturated rings. The topological polar surface area (TPSA) is 70.6 Å². The number of rotatable bonds is 5. The zero-order valence-electron chi connectivity index (χ0n) is 15.5. The van der Waals surface area contributed by atoms with Gasteiger partial charge in [0.2, 0.25) is 0 Å². The highest BCUT2D eigenvalue weighted by atomic mass is 16.2. The Labute approximate surface area is 167 Å². The van der Waals surface area contributed by atoms with Gasteiger partial charge in [-0.1, -0.05) is 24.3 Å². The summed E-state index contributed by atoms with van der Waals surface area (Å²) in [6.45, 7) is 4.08. The van der Waals surface area contributed by atoms with Crippen molar-refractivity contribution in [3.63, 3.8) is 0 Å². The van der Waals surface area contributed by atoms with Gasteiger partial charge >= 0.3 is 0 Å². The molecule has 6 nitrogen and oxygen atoms in total. The quantitative estimate of drug-likeness (QED) is 0.497. The number of carbonyl (C=O) groups is 3. The summed E-state index contributed by atoms with van der Waals surface area (Å²) in [6, 6.07) is 18.9. The van der Waals surface area contributed by atoms with Gasteiger partial charge in [0.05, 0.1) is 11.3 Å². The van der Waals surface area contributed by atoms with Crippen LogP contribution in [0.1, 0.15) is 31.2 Å². The predicted octanol–water partition coefficient (Wildman–Crippen LogP) is 3.72. The number of hydrogen-bond donors (Lipinski definition) is 0. The van der Waals surface area contributed by atoms with Crippen LogP contribution in [-0.2, 0) is 0 Å². The van der Waals surface area contributed by atoms with Crippen molar-refractivity contribution >= 4 is 29.1 Å². The number of fused-ring (bicyclic) bond motifs is 1. The van der Waals surface area contributed by atoms with E-state index in [-0.39, 0.29) is 17.2 Å². The Kier molecular flexibility index (Phi) is 4.75. The van der Waals surface area contributed by atoms with E-state index in [0.29, 0.717) is 17.8 Å². The maximum absolute atomic E-state index is 13.0. The fourth-order valence-corrected chi connectivity index (χ4v) is 3.25. The molecule has 3 aromatic rings. The van der Waals surface area contributed by atoms with Crippen LogP contribution >= 0.6 is 0 Å². The molecule has 3 amide bonds. The number of pyridine rings is 1. The van der Waals surface area contributed by atoms with Gasteiger partial charge in [0, 0.05) is 24.0 Å². The predicted molar refractivity (Wildman–Crippen MR) is 110 cm³/mol. The monoisotopic (exact) mass is 383 g/mol. The average Bonchev–Trinajstić information content (AvgIpc) is 3.03. The van der Waals surface area contributed by atoms with Gasteiger partial charge in [-0.05, 0) is 48.5 Å². The maximum atomic E-state index is 13.0. The molecule has 1 aliphatic rings. The van der Waals surface area contributed by atoms with Crippen molar-refractivity contribution in [3.05, 3.63) is 102 Å². The van der Waals surface area contributed by atoms with Crippen LogP contribution in [0.2, 0.25) is 0 Å². The third-order valence-corrected chi connectivity index (χ3v) is 4.64. The van der Waals surface area contributed by atoms with E-state index in [1.807, 2.05) is 30.3 Å². The molecule has 0 N–H and O–H groups in total. The van der Waals surface area contributed by atoms with E-state index in [9.17, 15) is 14.4 Å². The van der Waals surface area contributed by atoms with Crippen molar-refractivity contribution in [2.75, 3.05) is 16.3 Å². The number of nitrogens with zero attached hydrogens (tertiary/aromatic N) is 3. The number of para-hydroxylation sites is 1. The molecule has 0 spiro atoms. The number of aromatic nitrogens is 1. The second kappa shape index (κ2) is 7.52. The lowest BCUT2D eigenvalue weighted by molar-refractivity contribution is 0.0923. The highest BCUT2D eigenvalue weighted by Crippen LogP contribution is 2.27. The van der Waals surface area contributed by atoms with Crippen LogP contribution in [0.5, 0.6) is 0 Å². The highest BCUT2D eigenvalue weighted by molar-refractivity contribution is 6.33. The standard InChI is InChI=1S/C23H17N3O3/c1-2-15-25(17-7-4-3-5-8-17)21(27)16-10-12-18(13-11-16)26-22(28)19-9-6-14-24-20(19)23(26)29/h2-14H,1,15H2. The van der Waals surface area contributed by atoms with Crippen LogP contribution < -0.4 is 9.80 Å². The summed E-state index contributed by atoms with van der Waals surface area (Å²) < 4.78 is 0. The fourth-order valence-electron chi connectivity index (χ4n) is 3.25. The van der Waals surface area contributed by atoms with Gasteiger partial charge < -0.3 is 4.90 Å². The summed E-state index contributed by atoms with van der Waals surface area (Å²) in [6.07, 6.45) is 3.14. The van der Waals surface area contributed by atoms with Crippen LogP contribution in [0.3, 0.4) is 0 Å². The van der Waals surface area contributed by atoms with E-state index in [2.05, 4.69) is 11.6 Å². The minimum atomic E-state index is -0.470. The molecule has 0 radical (unpaired) electrons. The Hall–Kier alpha value is -4.06. The second-order valence-electron chi connectivity index (χ2n) is 6.43. The van der Waals surface area contributed by atoms with E-state index in [0.717, 1.165) is 10.6 Å². The molecule has 0 aliphatic carbocycles. The Bertz CT molecular complexity index is 1070. The molecule has 4 rings (SSSR count). The van der Waals surface area contributed by atoms with Gasteiger partial charge in [-0.25, -0.2) is 4.90 Å². The summed E-state index contributed by atoms with van der Waals surface area (Å²) in [5, 5.41) is 0. The van der Waals surface area contributed by atoms with E-state index >= 15 is 0 Å². The Morgan fingerprint density at radius 2 is 1.69 bits per heavy atom. The average molecular weight is 383 g/mol. The first-order valence-electron chi connectivity index (χ1n) is 9.03. The SMILES string of the molecule is C=CCN(C(=O)c1ccc(N2C(=O)c3cccnc3C2=O)cc1)c1ccccc1. The minimum Gasteiger partial charge on any atom is -0.305 e. The van der Waals surface area contributed by atoms with Crippen molar-refractivity contribution in [2.24, 2.45) is 0 Å². The minimum absolute atomic E-state index is 0.138. The molecule has 1 aliphatic heterocycles. The van der Waals surface area contributed by atoms with E-state index in [1.165, 1.54) is 6.20 Å². The summed E-state index contributed by atoms with van der Waals surface area (Å²) in [4.78, 5) is 44.8. The number of carbonyl (C=O) groups excluding carboxylic acids is 3. The van der Waals surface area contributed by atoms with Crippen LogP contribution in [0, 0.1) is 0 Å². The van der Waals surface area contributed by atoms with Gasteiger partial charge in [-0.2, -0.15) is 0 Å². The normalized spacial score (nSPS) is 12.6. The van der Waals surface area contributed by atoms with Gasteiger partial charge in [0.1, 0.15) is 5.69 Å². The van der Waals surface area contributed by atoms with Gasteiger partial charge in [-0.3, -0.25) is 19.4 Å². The van der Waals surface area contributed by atoms with Gasteiger partial charge in [0.25, 0.3) is 17.7 Å². The summed E-state index contributed by atoms with van der Waals surface area (Å²) in [7, 11) is 0. The molecule has 0 unspecified atom stereocenters. The van der Waals surface area contributed by atoms with Gasteiger partial charge in [0.15, 0.2) is 0 Å². The number of anilines is 2. The third kappa shape index (κ3) is 3.21. The Morgan fingerprint density at radius 3 is 2.34 bits per heavy atom. The van der Waals surface area contributed by atoms with Crippen molar-refractivity contribution in [1.29, 1.82) is 0 Å². The number of imide groups is 1. The molecular formula is C23H17N3O3. The van der Waals surface area contributed by atoms with Crippen molar-refractivity contribution in [2.45, 2.75) is 0 Å². The number of hydrogen-bond acceptors (Lipinski definition) is 4. The fraction of sp³-hybridized carbons (Fsp3) is 0.0435. The lowest BCUT2D eigenvalue weighted by Crippen LogP contribution is -2.31. The smallest absolute Gasteiger partial charge is 0.284 e. The molecular weight excluding hydrogens is 366 g/mol. The third-order valence-electron chi connectivity index (χ3n) is 4.64. The largest absolute Gasteiger partial charge is 0.305 e. The van der Waals surface area contributed by atoms with Gasteiger partial charge in [-0.15, -0.1) is 6.58 Å². The zero-order chi connectivity index (χ0) is 20.4. The second-order valence-corrected chi connectivity index (χ2v) is 6.43. The van der Waals surface area contributed by atoms with E-state index < -0.39 is 11.8 Å². The first-order chi connectivity index (χ1) is 14.1. The Balaban J connectivity index is 1.61. The molecule has 142 valence electrons. The molecule has 2 heterocycles. The Morgan fingerprint density at radius 1 is 0.966 bits per heavy atom. The highest BCUT2D eigenvalue weighted by Gasteiger charge is 2.37. The van der Waals surface area contributed by atoms with Crippen molar-refractivity contribution in [3.8, 4) is 0 Å². The van der Waals surface area contributed by atoms with Crippen LogP contribution in [0.15, 0.2) is 85.6 Å². The molecule has 2 aromatic carbocycles.